The third-order valence-electron chi connectivity index (χ3n) is 7.87. The highest BCUT2D eigenvalue weighted by Gasteiger charge is 2.36. The maximum Gasteiger partial charge on any atom is 0.328 e. The zero-order valence-corrected chi connectivity index (χ0v) is 22.4. The molecular weight excluding hydrogens is 484 g/mol. The minimum absolute atomic E-state index is 0.0161. The van der Waals surface area contributed by atoms with Crippen LogP contribution in [0.2, 0.25) is 0 Å². The number of carboxylic acids is 2. The molecule has 3 aliphatic rings. The maximum absolute atomic E-state index is 12.5. The summed E-state index contributed by atoms with van der Waals surface area (Å²) in [5.74, 6) is -2.01. The maximum atomic E-state index is 12.5. The Kier molecular flexibility index (Phi) is 8.72. The fraction of sp³-hybridized carbons (Fsp3) is 0.500. The lowest BCUT2D eigenvalue weighted by Gasteiger charge is -2.41. The second-order valence-electron chi connectivity index (χ2n) is 10.9. The molecule has 1 fully saturated rings. The topological polar surface area (TPSA) is 109 Å². The molecule has 2 aliphatic carbocycles. The number of rotatable bonds is 6. The van der Waals surface area contributed by atoms with Gasteiger partial charge in [0.2, 0.25) is 0 Å². The van der Waals surface area contributed by atoms with Gasteiger partial charge in [0.15, 0.2) is 0 Å². The number of ether oxygens (including phenoxy) is 1. The van der Waals surface area contributed by atoms with E-state index in [9.17, 15) is 14.4 Å². The van der Waals surface area contributed by atoms with Crippen LogP contribution in [0, 0.1) is 5.92 Å². The van der Waals surface area contributed by atoms with Gasteiger partial charge in [0, 0.05) is 53.8 Å². The van der Waals surface area contributed by atoms with Crippen LogP contribution in [0.3, 0.4) is 0 Å². The van der Waals surface area contributed by atoms with Crippen LogP contribution in [-0.2, 0) is 25.5 Å². The molecule has 0 spiro atoms. The molecule has 1 aliphatic heterocycles. The molecule has 1 saturated carbocycles. The molecule has 0 radical (unpaired) electrons. The molecule has 2 N–H and O–H groups in total. The van der Waals surface area contributed by atoms with E-state index in [-0.39, 0.29) is 11.9 Å². The van der Waals surface area contributed by atoms with E-state index in [0.29, 0.717) is 36.8 Å². The van der Waals surface area contributed by atoms with Gasteiger partial charge in [0.25, 0.3) is 0 Å². The van der Waals surface area contributed by atoms with E-state index in [1.807, 2.05) is 0 Å². The van der Waals surface area contributed by atoms with Crippen molar-refractivity contribution in [3.63, 3.8) is 0 Å². The van der Waals surface area contributed by atoms with Gasteiger partial charge in [0.1, 0.15) is 6.61 Å². The molecule has 1 aromatic heterocycles. The molecule has 8 heteroatoms. The van der Waals surface area contributed by atoms with Crippen molar-refractivity contribution < 1.29 is 29.3 Å². The number of aromatic nitrogens is 1. The van der Waals surface area contributed by atoms with E-state index < -0.39 is 11.9 Å². The average molecular weight is 523 g/mol. The van der Waals surface area contributed by atoms with E-state index in [0.717, 1.165) is 38.6 Å². The second-order valence-corrected chi connectivity index (χ2v) is 10.9. The molecule has 2 atom stereocenters. The second kappa shape index (κ2) is 12.0. The third-order valence-corrected chi connectivity index (χ3v) is 7.87. The van der Waals surface area contributed by atoms with Crippen LogP contribution in [0.4, 0.5) is 0 Å². The lowest BCUT2D eigenvalue weighted by Crippen LogP contribution is -2.44. The predicted molar refractivity (Wildman–Crippen MR) is 145 cm³/mol. The van der Waals surface area contributed by atoms with E-state index >= 15 is 0 Å². The monoisotopic (exact) mass is 522 g/mol. The number of carbonyl (C=O) groups excluding carboxylic acids is 1. The number of hydrogen-bond acceptors (Lipinski definition) is 5. The molecule has 0 bridgehead atoms. The first-order valence-corrected chi connectivity index (χ1v) is 13.5. The largest absolute Gasteiger partial charge is 0.478 e. The number of nitrogens with zero attached hydrogens (tertiary/aromatic N) is 2. The Balaban J connectivity index is 0.000000368. The summed E-state index contributed by atoms with van der Waals surface area (Å²) >= 11 is 0. The highest BCUT2D eigenvalue weighted by atomic mass is 16.5. The van der Waals surface area contributed by atoms with Gasteiger partial charge in [-0.2, -0.15) is 0 Å². The SMILES string of the molecule is CC(C)n1cc2c3c(cccc31)[C@H]1C=C(COC(=O)C3CCCCC3)CN(C)[C@@H]1C2.O=C(O)/C=C\C(=O)O. The van der Waals surface area contributed by atoms with Gasteiger partial charge in [-0.05, 0) is 62.9 Å². The Morgan fingerprint density at radius 1 is 1.08 bits per heavy atom. The van der Waals surface area contributed by atoms with Gasteiger partial charge in [-0.3, -0.25) is 9.69 Å². The van der Waals surface area contributed by atoms with Crippen LogP contribution < -0.4 is 0 Å². The van der Waals surface area contributed by atoms with E-state index in [4.69, 9.17) is 14.9 Å². The molecule has 8 nitrogen and oxygen atoms in total. The fourth-order valence-electron chi connectivity index (χ4n) is 6.08. The first-order chi connectivity index (χ1) is 18.2. The van der Waals surface area contributed by atoms with Crippen LogP contribution in [0.25, 0.3) is 10.9 Å². The molecule has 0 amide bonds. The summed E-state index contributed by atoms with van der Waals surface area (Å²) in [5, 5.41) is 17.1. The van der Waals surface area contributed by atoms with Crippen molar-refractivity contribution in [1.82, 2.24) is 9.47 Å². The van der Waals surface area contributed by atoms with Crippen LogP contribution >= 0.6 is 0 Å². The van der Waals surface area contributed by atoms with Crippen LogP contribution in [0.5, 0.6) is 0 Å². The van der Waals surface area contributed by atoms with E-state index in [1.165, 1.54) is 34.0 Å². The normalized spacial score (nSPS) is 21.5. The van der Waals surface area contributed by atoms with Crippen molar-refractivity contribution in [2.24, 2.45) is 5.92 Å². The number of hydrogen-bond donors (Lipinski definition) is 2. The molecule has 5 rings (SSSR count). The Bertz CT molecular complexity index is 1230. The van der Waals surface area contributed by atoms with Gasteiger partial charge in [-0.1, -0.05) is 37.5 Å². The number of esters is 1. The Hall–Kier alpha value is -3.39. The predicted octanol–water partition coefficient (Wildman–Crippen LogP) is 4.94. The standard InChI is InChI=1S/C26H34N2O2.C4H4O4/c1-17(2)28-15-20-13-24-22(21-10-7-11-23(28)25(20)21)12-18(14-27(24)3)16-30-26(29)19-8-5-4-6-9-19;5-3(6)1-2-4(7)8/h7,10-12,15,17,19,22,24H,4-6,8-9,13-14,16H2,1-3H3;1-2H,(H,5,6)(H,7,8)/b;2-1-/t22-,24-;/m1./s1. The van der Waals surface area contributed by atoms with Crippen molar-refractivity contribution >= 4 is 28.8 Å². The molecule has 0 unspecified atom stereocenters. The van der Waals surface area contributed by atoms with Crippen molar-refractivity contribution in [2.45, 2.75) is 70.4 Å². The highest BCUT2D eigenvalue weighted by Crippen LogP contribution is 2.43. The first-order valence-electron chi connectivity index (χ1n) is 13.5. The molecular formula is C30H38N2O6. The average Bonchev–Trinajstić information content (AvgIpc) is 3.28. The fourth-order valence-corrected chi connectivity index (χ4v) is 6.08. The molecule has 1 aromatic carbocycles. The first kappa shape index (κ1) is 27.6. The highest BCUT2D eigenvalue weighted by molar-refractivity contribution is 5.90. The summed E-state index contributed by atoms with van der Waals surface area (Å²) in [7, 11) is 2.22. The summed E-state index contributed by atoms with van der Waals surface area (Å²) < 4.78 is 8.21. The summed E-state index contributed by atoms with van der Waals surface area (Å²) in [6.07, 6.45) is 12.6. The number of likely N-dealkylation sites (N-methyl/N-ethyl adjacent to an activating group) is 1. The zero-order valence-electron chi connectivity index (χ0n) is 22.4. The minimum atomic E-state index is -1.26. The van der Waals surface area contributed by atoms with Gasteiger partial charge < -0.3 is 19.5 Å². The number of carboxylic acid groups (broad SMARTS) is 2. The zero-order chi connectivity index (χ0) is 27.4. The third kappa shape index (κ3) is 6.18. The summed E-state index contributed by atoms with van der Waals surface area (Å²) in [6, 6.07) is 7.69. The lowest BCUT2D eigenvalue weighted by molar-refractivity contribution is -0.148. The minimum Gasteiger partial charge on any atom is -0.478 e. The Labute approximate surface area is 223 Å². The quantitative estimate of drug-likeness (QED) is 0.314. The molecule has 0 saturated heterocycles. The number of benzene rings is 1. The number of aliphatic carboxylic acids is 2. The molecule has 38 heavy (non-hydrogen) atoms. The Morgan fingerprint density at radius 3 is 2.39 bits per heavy atom. The van der Waals surface area contributed by atoms with E-state index in [1.54, 1.807) is 0 Å². The van der Waals surface area contributed by atoms with Gasteiger partial charge in [0.05, 0.1) is 5.92 Å². The summed E-state index contributed by atoms with van der Waals surface area (Å²) in [5.41, 5.74) is 5.50. The lowest BCUT2D eigenvalue weighted by atomic mass is 9.77. The van der Waals surface area contributed by atoms with Crippen LogP contribution in [0.15, 0.2) is 48.2 Å². The van der Waals surface area contributed by atoms with Crippen molar-refractivity contribution in [3.8, 4) is 0 Å². The Morgan fingerprint density at radius 2 is 1.76 bits per heavy atom. The van der Waals surface area contributed by atoms with Gasteiger partial charge >= 0.3 is 17.9 Å². The summed E-state index contributed by atoms with van der Waals surface area (Å²) in [6.45, 7) is 5.84. The van der Waals surface area contributed by atoms with Crippen LogP contribution in [-0.4, -0.2) is 63.8 Å². The molecule has 2 aromatic rings. The number of fused-ring (bicyclic) bond motifs is 2. The van der Waals surface area contributed by atoms with E-state index in [2.05, 4.69) is 60.8 Å². The smallest absolute Gasteiger partial charge is 0.328 e. The molecule has 2 heterocycles. The molecule has 204 valence electrons. The van der Waals surface area contributed by atoms with Crippen molar-refractivity contribution in [3.05, 3.63) is 59.3 Å². The van der Waals surface area contributed by atoms with Gasteiger partial charge in [-0.15, -0.1) is 0 Å². The van der Waals surface area contributed by atoms with Crippen molar-refractivity contribution in [2.75, 3.05) is 20.2 Å². The van der Waals surface area contributed by atoms with Crippen LogP contribution in [0.1, 0.15) is 69.0 Å². The van der Waals surface area contributed by atoms with Gasteiger partial charge in [-0.25, -0.2) is 9.59 Å². The van der Waals surface area contributed by atoms with Crippen molar-refractivity contribution in [1.29, 1.82) is 0 Å². The summed E-state index contributed by atoms with van der Waals surface area (Å²) in [4.78, 5) is 34.1. The number of carbonyl (C=O) groups is 3.